The van der Waals surface area contributed by atoms with Crippen molar-refractivity contribution in [2.75, 3.05) is 31.2 Å². The number of halogens is 2. The third kappa shape index (κ3) is 4.74. The maximum absolute atomic E-state index is 13.3. The minimum atomic E-state index is -0.305. The van der Waals surface area contributed by atoms with E-state index in [4.69, 9.17) is 28.2 Å². The van der Waals surface area contributed by atoms with E-state index in [1.54, 1.807) is 35.3 Å². The predicted octanol–water partition coefficient (Wildman–Crippen LogP) is 5.89. The van der Waals surface area contributed by atoms with Crippen LogP contribution in [-0.2, 0) is 0 Å². The number of benzene rings is 3. The second-order valence-corrected chi connectivity index (χ2v) is 9.80. The molecule has 8 heteroatoms. The first-order chi connectivity index (χ1) is 16.9. The average molecular weight is 508 g/mol. The second kappa shape index (κ2) is 9.90. The molecule has 1 saturated heterocycles. The number of nitrogens with one attached hydrogen (secondary N) is 1. The Bertz CT molecular complexity index is 1280. The fourth-order valence-corrected chi connectivity index (χ4v) is 4.94. The molecule has 0 aliphatic carbocycles. The zero-order valence-electron chi connectivity index (χ0n) is 19.7. The zero-order valence-corrected chi connectivity index (χ0v) is 21.2. The Balaban J connectivity index is 1.58. The zero-order chi connectivity index (χ0) is 24.5. The Morgan fingerprint density at radius 1 is 0.914 bits per heavy atom. The highest BCUT2D eigenvalue weighted by atomic mass is 35.5. The molecule has 3 aromatic carbocycles. The summed E-state index contributed by atoms with van der Waals surface area (Å²) in [4.78, 5) is 23.2. The number of anilines is 2. The molecule has 2 aliphatic rings. The molecular weight excluding hydrogens is 481 g/mol. The van der Waals surface area contributed by atoms with Crippen LogP contribution in [-0.4, -0.2) is 53.8 Å². The Morgan fingerprint density at radius 2 is 1.63 bits per heavy atom. The molecule has 3 aromatic rings. The van der Waals surface area contributed by atoms with Gasteiger partial charge in [-0.1, -0.05) is 47.5 Å². The number of nitrogens with zero attached hydrogens (tertiary/aromatic N) is 4. The van der Waals surface area contributed by atoms with Gasteiger partial charge in [0.2, 0.25) is 0 Å². The van der Waals surface area contributed by atoms with Crippen molar-refractivity contribution in [2.45, 2.75) is 19.9 Å². The van der Waals surface area contributed by atoms with Crippen LogP contribution in [0.25, 0.3) is 0 Å². The SMILES string of the molecule is CC(C)N1CCN(C2=Nc3cc(Cl)ccc3N(NC(=O)c3ccccc3Cl)c3ccccc32)CC1. The van der Waals surface area contributed by atoms with Gasteiger partial charge in [0, 0.05) is 42.8 Å². The van der Waals surface area contributed by atoms with Gasteiger partial charge in [-0.2, -0.15) is 0 Å². The number of carbonyl (C=O) groups excluding carboxylic acids is 1. The molecular formula is C27H27Cl2N5O. The standard InChI is InChI=1S/C27H27Cl2N5O/c1-18(2)32-13-15-33(16-14-32)26-21-8-4-6-10-24(21)34(25-12-11-19(28)17-23(25)30-26)31-27(35)20-7-3-5-9-22(20)29/h3-12,17-18H,13-16H2,1-2H3,(H,31,35). The van der Waals surface area contributed by atoms with Crippen molar-refractivity contribution < 1.29 is 4.79 Å². The molecule has 2 aliphatic heterocycles. The van der Waals surface area contributed by atoms with Crippen LogP contribution in [0.4, 0.5) is 17.1 Å². The number of para-hydroxylation sites is 1. The van der Waals surface area contributed by atoms with Crippen molar-refractivity contribution in [3.05, 3.63) is 87.9 Å². The molecule has 0 unspecified atom stereocenters. The van der Waals surface area contributed by atoms with Crippen molar-refractivity contribution in [3.63, 3.8) is 0 Å². The number of carbonyl (C=O) groups is 1. The van der Waals surface area contributed by atoms with E-state index in [9.17, 15) is 4.79 Å². The minimum Gasteiger partial charge on any atom is -0.353 e. The topological polar surface area (TPSA) is 51.2 Å². The summed E-state index contributed by atoms with van der Waals surface area (Å²) in [6.07, 6.45) is 0. The minimum absolute atomic E-state index is 0.305. The lowest BCUT2D eigenvalue weighted by atomic mass is 10.1. The molecule has 6 nitrogen and oxygen atoms in total. The lowest BCUT2D eigenvalue weighted by molar-refractivity contribution is 0.0954. The summed E-state index contributed by atoms with van der Waals surface area (Å²) in [5.41, 5.74) is 6.66. The number of hydrogen-bond acceptors (Lipinski definition) is 5. The van der Waals surface area contributed by atoms with Crippen molar-refractivity contribution >= 4 is 52.0 Å². The number of piperazine rings is 1. The molecule has 2 heterocycles. The maximum Gasteiger partial charge on any atom is 0.271 e. The second-order valence-electron chi connectivity index (χ2n) is 8.96. The van der Waals surface area contributed by atoms with Gasteiger partial charge in [-0.15, -0.1) is 0 Å². The molecule has 35 heavy (non-hydrogen) atoms. The number of fused-ring (bicyclic) bond motifs is 2. The van der Waals surface area contributed by atoms with Crippen LogP contribution in [0.3, 0.4) is 0 Å². The molecule has 0 aromatic heterocycles. The fraction of sp³-hybridized carbons (Fsp3) is 0.259. The molecule has 0 radical (unpaired) electrons. The predicted molar refractivity (Wildman–Crippen MR) is 143 cm³/mol. The van der Waals surface area contributed by atoms with Crippen LogP contribution < -0.4 is 10.4 Å². The fourth-order valence-electron chi connectivity index (χ4n) is 4.56. The van der Waals surface area contributed by atoms with E-state index < -0.39 is 0 Å². The van der Waals surface area contributed by atoms with Crippen LogP contribution in [0, 0.1) is 0 Å². The maximum atomic E-state index is 13.3. The van der Waals surface area contributed by atoms with Crippen molar-refractivity contribution in [2.24, 2.45) is 4.99 Å². The van der Waals surface area contributed by atoms with Crippen LogP contribution in [0.1, 0.15) is 29.8 Å². The number of amides is 1. The van der Waals surface area contributed by atoms with E-state index in [-0.39, 0.29) is 5.91 Å². The highest BCUT2D eigenvalue weighted by Gasteiger charge is 2.29. The van der Waals surface area contributed by atoms with Gasteiger partial charge in [0.15, 0.2) is 0 Å². The molecule has 0 saturated carbocycles. The monoisotopic (exact) mass is 507 g/mol. The van der Waals surface area contributed by atoms with E-state index >= 15 is 0 Å². The first kappa shape index (κ1) is 23.7. The number of amidine groups is 1. The summed E-state index contributed by atoms with van der Waals surface area (Å²) in [6.45, 7) is 8.13. The van der Waals surface area contributed by atoms with Crippen LogP contribution >= 0.6 is 23.2 Å². The van der Waals surface area contributed by atoms with E-state index in [2.05, 4.69) is 29.1 Å². The molecule has 1 N–H and O–H groups in total. The number of aliphatic imine (C=N–C) groups is 1. The lowest BCUT2D eigenvalue weighted by Crippen LogP contribution is -2.51. The molecule has 1 amide bonds. The Hall–Kier alpha value is -3.06. The summed E-state index contributed by atoms with van der Waals surface area (Å²) < 4.78 is 0. The van der Waals surface area contributed by atoms with Crippen LogP contribution in [0.15, 0.2) is 71.7 Å². The smallest absolute Gasteiger partial charge is 0.271 e. The molecule has 0 atom stereocenters. The molecule has 1 fully saturated rings. The van der Waals surface area contributed by atoms with Gasteiger partial charge in [-0.05, 0) is 56.3 Å². The Kier molecular flexibility index (Phi) is 6.69. The summed E-state index contributed by atoms with van der Waals surface area (Å²) >= 11 is 12.7. The summed E-state index contributed by atoms with van der Waals surface area (Å²) in [7, 11) is 0. The van der Waals surface area contributed by atoms with Gasteiger partial charge in [-0.25, -0.2) is 4.99 Å². The van der Waals surface area contributed by atoms with E-state index in [1.807, 2.05) is 36.4 Å². The normalized spacial score (nSPS) is 15.9. The average Bonchev–Trinajstić information content (AvgIpc) is 2.99. The van der Waals surface area contributed by atoms with E-state index in [0.29, 0.717) is 27.3 Å². The van der Waals surface area contributed by atoms with Gasteiger partial charge in [0.1, 0.15) is 5.84 Å². The first-order valence-electron chi connectivity index (χ1n) is 11.7. The van der Waals surface area contributed by atoms with E-state index in [0.717, 1.165) is 49.0 Å². The molecule has 0 bridgehead atoms. The highest BCUT2D eigenvalue weighted by molar-refractivity contribution is 6.34. The lowest BCUT2D eigenvalue weighted by Gasteiger charge is -2.38. The van der Waals surface area contributed by atoms with Gasteiger partial charge in [0.05, 0.1) is 27.6 Å². The van der Waals surface area contributed by atoms with Gasteiger partial charge < -0.3 is 4.90 Å². The summed E-state index contributed by atoms with van der Waals surface area (Å²) in [6, 6.07) is 21.0. The largest absolute Gasteiger partial charge is 0.353 e. The van der Waals surface area contributed by atoms with E-state index in [1.165, 1.54) is 0 Å². The van der Waals surface area contributed by atoms with Gasteiger partial charge in [-0.3, -0.25) is 20.1 Å². The number of hydrogen-bond donors (Lipinski definition) is 1. The van der Waals surface area contributed by atoms with Crippen molar-refractivity contribution in [1.29, 1.82) is 0 Å². The highest BCUT2D eigenvalue weighted by Crippen LogP contribution is 2.40. The van der Waals surface area contributed by atoms with Crippen molar-refractivity contribution in [3.8, 4) is 0 Å². The van der Waals surface area contributed by atoms with Crippen LogP contribution in [0.5, 0.6) is 0 Å². The Morgan fingerprint density at radius 3 is 2.37 bits per heavy atom. The van der Waals surface area contributed by atoms with Crippen LogP contribution in [0.2, 0.25) is 10.0 Å². The third-order valence-corrected chi connectivity index (χ3v) is 7.03. The number of rotatable bonds is 3. The molecule has 180 valence electrons. The first-order valence-corrected chi connectivity index (χ1v) is 12.5. The molecule has 0 spiro atoms. The Labute approximate surface area is 215 Å². The summed E-state index contributed by atoms with van der Waals surface area (Å²) in [5.74, 6) is 0.572. The summed E-state index contributed by atoms with van der Waals surface area (Å²) in [5, 5.41) is 2.76. The third-order valence-electron chi connectivity index (χ3n) is 6.47. The van der Waals surface area contributed by atoms with Gasteiger partial charge in [0.25, 0.3) is 5.91 Å². The molecule has 5 rings (SSSR count). The van der Waals surface area contributed by atoms with Gasteiger partial charge >= 0.3 is 0 Å². The van der Waals surface area contributed by atoms with Crippen molar-refractivity contribution in [1.82, 2.24) is 15.2 Å². The number of hydrazine groups is 1. The quantitative estimate of drug-likeness (QED) is 0.479.